The summed E-state index contributed by atoms with van der Waals surface area (Å²) < 4.78 is 37.2. The van der Waals surface area contributed by atoms with E-state index in [1.54, 1.807) is 0 Å². The summed E-state index contributed by atoms with van der Waals surface area (Å²) in [5, 5.41) is -1.07. The Morgan fingerprint density at radius 3 is 2.57 bits per heavy atom. The minimum absolute atomic E-state index is 0.499. The minimum atomic E-state index is -3.07. The van der Waals surface area contributed by atoms with Crippen molar-refractivity contribution in [2.24, 2.45) is 0 Å². The number of aromatic nitrogens is 1. The van der Waals surface area contributed by atoms with Crippen LogP contribution in [0.1, 0.15) is 22.5 Å². The van der Waals surface area contributed by atoms with E-state index < -0.39 is 34.6 Å². The average molecular weight is 225 g/mol. The standard InChI is InChI=1S/C7H4ClF3N2O/c8-5(14)3-1-2(6(10)11)4(9)7(12)13-3/h1,6H,(H2,12,13). The van der Waals surface area contributed by atoms with Gasteiger partial charge in [0.15, 0.2) is 11.6 Å². The fraction of sp³-hybridized carbons (Fsp3) is 0.143. The Labute approximate surface area is 81.7 Å². The smallest absolute Gasteiger partial charge is 0.270 e. The van der Waals surface area contributed by atoms with E-state index in [1.807, 2.05) is 0 Å². The summed E-state index contributed by atoms with van der Waals surface area (Å²) in [5.74, 6) is -2.10. The van der Waals surface area contributed by atoms with Crippen LogP contribution in [0.25, 0.3) is 0 Å². The number of halogens is 4. The molecule has 0 unspecified atom stereocenters. The van der Waals surface area contributed by atoms with Crippen molar-refractivity contribution in [1.29, 1.82) is 0 Å². The van der Waals surface area contributed by atoms with Gasteiger partial charge in [0.1, 0.15) is 5.69 Å². The normalized spacial score (nSPS) is 10.6. The van der Waals surface area contributed by atoms with E-state index in [4.69, 9.17) is 17.3 Å². The van der Waals surface area contributed by atoms with Gasteiger partial charge >= 0.3 is 0 Å². The SMILES string of the molecule is Nc1nc(C(=O)Cl)cc(C(F)F)c1F. The van der Waals surface area contributed by atoms with Gasteiger partial charge in [-0.1, -0.05) is 0 Å². The Kier molecular flexibility index (Phi) is 2.95. The molecule has 0 radical (unpaired) electrons. The molecule has 0 spiro atoms. The maximum Gasteiger partial charge on any atom is 0.270 e. The first-order valence-electron chi connectivity index (χ1n) is 3.37. The van der Waals surface area contributed by atoms with Crippen LogP contribution in [0.3, 0.4) is 0 Å². The molecule has 3 nitrogen and oxygen atoms in total. The van der Waals surface area contributed by atoms with Gasteiger partial charge in [-0.25, -0.2) is 18.2 Å². The average Bonchev–Trinajstić information content (AvgIpc) is 2.08. The van der Waals surface area contributed by atoms with Crippen molar-refractivity contribution in [2.45, 2.75) is 6.43 Å². The van der Waals surface area contributed by atoms with Crippen LogP contribution in [-0.4, -0.2) is 10.2 Å². The Morgan fingerprint density at radius 1 is 1.57 bits per heavy atom. The van der Waals surface area contributed by atoms with Crippen LogP contribution in [-0.2, 0) is 0 Å². The van der Waals surface area contributed by atoms with E-state index in [9.17, 15) is 18.0 Å². The quantitative estimate of drug-likeness (QED) is 0.783. The van der Waals surface area contributed by atoms with E-state index in [-0.39, 0.29) is 0 Å². The molecule has 14 heavy (non-hydrogen) atoms. The van der Waals surface area contributed by atoms with Crippen molar-refractivity contribution < 1.29 is 18.0 Å². The summed E-state index contributed by atoms with van der Waals surface area (Å²) in [5.41, 5.74) is 3.48. The monoisotopic (exact) mass is 224 g/mol. The Balaban J connectivity index is 3.35. The van der Waals surface area contributed by atoms with Gasteiger partial charge in [0.2, 0.25) is 0 Å². The molecule has 0 saturated carbocycles. The number of carbonyl (C=O) groups excluding carboxylic acids is 1. The van der Waals surface area contributed by atoms with E-state index in [0.29, 0.717) is 6.07 Å². The lowest BCUT2D eigenvalue weighted by Crippen LogP contribution is -2.06. The Morgan fingerprint density at radius 2 is 2.14 bits per heavy atom. The zero-order valence-electron chi connectivity index (χ0n) is 6.60. The molecule has 0 aliphatic carbocycles. The first kappa shape index (κ1) is 10.8. The van der Waals surface area contributed by atoms with Crippen LogP contribution in [0, 0.1) is 5.82 Å². The van der Waals surface area contributed by atoms with Crippen LogP contribution in [0.15, 0.2) is 6.07 Å². The first-order valence-corrected chi connectivity index (χ1v) is 3.75. The van der Waals surface area contributed by atoms with E-state index in [1.165, 1.54) is 0 Å². The highest BCUT2D eigenvalue weighted by molar-refractivity contribution is 6.67. The lowest BCUT2D eigenvalue weighted by molar-refractivity contribution is 0.107. The maximum absolute atomic E-state index is 12.9. The molecular formula is C7H4ClF3N2O. The predicted molar refractivity (Wildman–Crippen MR) is 43.7 cm³/mol. The fourth-order valence-electron chi connectivity index (χ4n) is 0.829. The molecule has 0 aromatic carbocycles. The van der Waals surface area contributed by atoms with Crippen molar-refractivity contribution in [3.05, 3.63) is 23.1 Å². The highest BCUT2D eigenvalue weighted by atomic mass is 35.5. The summed E-state index contributed by atoms with van der Waals surface area (Å²) in [4.78, 5) is 13.8. The maximum atomic E-state index is 12.9. The minimum Gasteiger partial charge on any atom is -0.381 e. The van der Waals surface area contributed by atoms with Gasteiger partial charge < -0.3 is 5.73 Å². The molecule has 1 heterocycles. The molecular weight excluding hydrogens is 221 g/mol. The number of nitrogen functional groups attached to an aromatic ring is 1. The van der Waals surface area contributed by atoms with Crippen molar-refractivity contribution in [2.75, 3.05) is 5.73 Å². The van der Waals surface area contributed by atoms with Gasteiger partial charge in [-0.3, -0.25) is 4.79 Å². The van der Waals surface area contributed by atoms with Crippen LogP contribution >= 0.6 is 11.6 Å². The number of hydrogen-bond acceptors (Lipinski definition) is 3. The fourth-order valence-corrected chi connectivity index (χ4v) is 0.926. The lowest BCUT2D eigenvalue weighted by atomic mass is 10.2. The number of anilines is 1. The first-order chi connectivity index (χ1) is 6.43. The molecule has 2 N–H and O–H groups in total. The second kappa shape index (κ2) is 3.83. The topological polar surface area (TPSA) is 56.0 Å². The zero-order chi connectivity index (χ0) is 10.9. The number of rotatable bonds is 2. The molecule has 76 valence electrons. The highest BCUT2D eigenvalue weighted by Crippen LogP contribution is 2.25. The van der Waals surface area contributed by atoms with Crippen molar-refractivity contribution in [1.82, 2.24) is 4.98 Å². The van der Waals surface area contributed by atoms with Crippen LogP contribution < -0.4 is 5.73 Å². The van der Waals surface area contributed by atoms with Gasteiger partial charge in [-0.05, 0) is 17.7 Å². The van der Waals surface area contributed by atoms with Gasteiger partial charge in [0, 0.05) is 0 Å². The van der Waals surface area contributed by atoms with Gasteiger partial charge in [-0.15, -0.1) is 0 Å². The summed E-state index contributed by atoms with van der Waals surface area (Å²) in [7, 11) is 0. The van der Waals surface area contributed by atoms with Crippen molar-refractivity contribution in [3.63, 3.8) is 0 Å². The molecule has 0 aliphatic rings. The zero-order valence-corrected chi connectivity index (χ0v) is 7.36. The molecule has 1 rings (SSSR count). The molecule has 0 amide bonds. The van der Waals surface area contributed by atoms with Crippen LogP contribution in [0.5, 0.6) is 0 Å². The predicted octanol–water partition coefficient (Wildman–Crippen LogP) is 2.12. The lowest BCUT2D eigenvalue weighted by Gasteiger charge is -2.04. The summed E-state index contributed by atoms with van der Waals surface area (Å²) >= 11 is 4.98. The molecule has 0 fully saturated rings. The summed E-state index contributed by atoms with van der Waals surface area (Å²) in [6.45, 7) is 0. The van der Waals surface area contributed by atoms with Gasteiger partial charge in [-0.2, -0.15) is 0 Å². The Hall–Kier alpha value is -1.30. The van der Waals surface area contributed by atoms with Crippen molar-refractivity contribution >= 4 is 22.7 Å². The number of carbonyl (C=O) groups is 1. The number of nitrogens with two attached hydrogens (primary N) is 1. The Bertz CT molecular complexity index is 383. The van der Waals surface area contributed by atoms with E-state index >= 15 is 0 Å². The molecule has 1 aromatic heterocycles. The second-order valence-electron chi connectivity index (χ2n) is 2.37. The summed E-state index contributed by atoms with van der Waals surface area (Å²) in [6, 6.07) is 0.575. The molecule has 0 aliphatic heterocycles. The third-order valence-corrected chi connectivity index (χ3v) is 1.64. The van der Waals surface area contributed by atoms with Crippen LogP contribution in [0.4, 0.5) is 19.0 Å². The second-order valence-corrected chi connectivity index (χ2v) is 2.71. The van der Waals surface area contributed by atoms with Gasteiger partial charge in [0.05, 0.1) is 5.56 Å². The number of hydrogen-bond donors (Lipinski definition) is 1. The van der Waals surface area contributed by atoms with Crippen molar-refractivity contribution in [3.8, 4) is 0 Å². The molecule has 7 heteroatoms. The third-order valence-electron chi connectivity index (χ3n) is 1.45. The number of alkyl halides is 2. The molecule has 0 atom stereocenters. The number of pyridine rings is 1. The van der Waals surface area contributed by atoms with E-state index in [0.717, 1.165) is 0 Å². The largest absolute Gasteiger partial charge is 0.381 e. The molecule has 0 saturated heterocycles. The van der Waals surface area contributed by atoms with Crippen LogP contribution in [0.2, 0.25) is 0 Å². The van der Waals surface area contributed by atoms with E-state index in [2.05, 4.69) is 4.98 Å². The number of nitrogens with zero attached hydrogens (tertiary/aromatic N) is 1. The highest BCUT2D eigenvalue weighted by Gasteiger charge is 2.19. The van der Waals surface area contributed by atoms with Gasteiger partial charge in [0.25, 0.3) is 11.7 Å². The third kappa shape index (κ3) is 1.95. The summed E-state index contributed by atoms with van der Waals surface area (Å²) in [6.07, 6.45) is -3.07. The molecule has 1 aromatic rings. The molecule has 0 bridgehead atoms.